The molecular weight excluding hydrogens is 188 g/mol. The Morgan fingerprint density at radius 2 is 1.93 bits per heavy atom. The van der Waals surface area contributed by atoms with Crippen LogP contribution in [0, 0.1) is 6.07 Å². The molecule has 1 fully saturated rings. The molecule has 1 aromatic carbocycles. The van der Waals surface area contributed by atoms with Crippen molar-refractivity contribution in [3.63, 3.8) is 0 Å². The van der Waals surface area contributed by atoms with Gasteiger partial charge >= 0.3 is 0 Å². The third kappa shape index (κ3) is 3.24. The molecule has 1 atom stereocenters. The lowest BCUT2D eigenvalue weighted by Gasteiger charge is -2.19. The highest BCUT2D eigenvalue weighted by molar-refractivity contribution is 5.20. The first kappa shape index (κ1) is 10.5. The van der Waals surface area contributed by atoms with E-state index in [1.54, 1.807) is 0 Å². The van der Waals surface area contributed by atoms with E-state index in [1.807, 2.05) is 31.2 Å². The van der Waals surface area contributed by atoms with Gasteiger partial charge in [0, 0.05) is 0 Å². The Morgan fingerprint density at radius 3 is 2.60 bits per heavy atom. The van der Waals surface area contributed by atoms with Gasteiger partial charge in [-0.25, -0.2) is 0 Å². The van der Waals surface area contributed by atoms with Crippen molar-refractivity contribution in [2.45, 2.75) is 45.0 Å². The van der Waals surface area contributed by atoms with Crippen molar-refractivity contribution in [1.29, 1.82) is 0 Å². The maximum Gasteiger partial charge on any atom is 0.197 e. The molecule has 0 aromatic heterocycles. The van der Waals surface area contributed by atoms with E-state index in [0.717, 1.165) is 5.75 Å². The molecular formula is C13H17O2. The van der Waals surface area contributed by atoms with Crippen LogP contribution in [0.5, 0.6) is 5.75 Å². The minimum atomic E-state index is -0.157. The van der Waals surface area contributed by atoms with Crippen molar-refractivity contribution >= 4 is 0 Å². The van der Waals surface area contributed by atoms with Crippen molar-refractivity contribution in [2.75, 3.05) is 0 Å². The first-order valence-corrected chi connectivity index (χ1v) is 5.63. The second-order valence-corrected chi connectivity index (χ2v) is 3.96. The van der Waals surface area contributed by atoms with Crippen LogP contribution < -0.4 is 4.74 Å². The fourth-order valence-corrected chi connectivity index (χ4v) is 1.97. The van der Waals surface area contributed by atoms with E-state index in [1.165, 1.54) is 25.7 Å². The Kier molecular flexibility index (Phi) is 3.62. The van der Waals surface area contributed by atoms with Gasteiger partial charge in [-0.15, -0.1) is 0 Å². The normalized spacial score (nSPS) is 19.0. The highest BCUT2D eigenvalue weighted by atomic mass is 16.7. The molecule has 15 heavy (non-hydrogen) atoms. The van der Waals surface area contributed by atoms with Crippen molar-refractivity contribution in [3.8, 4) is 5.75 Å². The van der Waals surface area contributed by atoms with Crippen molar-refractivity contribution in [2.24, 2.45) is 0 Å². The zero-order chi connectivity index (χ0) is 10.5. The highest BCUT2D eigenvalue weighted by Gasteiger charge is 2.18. The van der Waals surface area contributed by atoms with Crippen LogP contribution in [0.3, 0.4) is 0 Å². The van der Waals surface area contributed by atoms with Gasteiger partial charge in [-0.2, -0.15) is 0 Å². The van der Waals surface area contributed by atoms with Gasteiger partial charge in [0.25, 0.3) is 0 Å². The quantitative estimate of drug-likeness (QED) is 0.703. The second-order valence-electron chi connectivity index (χ2n) is 3.96. The van der Waals surface area contributed by atoms with Gasteiger partial charge in [-0.05, 0) is 38.0 Å². The van der Waals surface area contributed by atoms with E-state index in [2.05, 4.69) is 6.07 Å². The van der Waals surface area contributed by atoms with Crippen LogP contribution in [0.2, 0.25) is 0 Å². The molecule has 0 N–H and O–H groups in total. The van der Waals surface area contributed by atoms with Gasteiger partial charge in [0.05, 0.1) is 6.10 Å². The summed E-state index contributed by atoms with van der Waals surface area (Å²) >= 11 is 0. The van der Waals surface area contributed by atoms with Crippen LogP contribution in [0.1, 0.15) is 32.6 Å². The lowest BCUT2D eigenvalue weighted by atomic mass is 10.3. The Labute approximate surface area is 91.2 Å². The largest absolute Gasteiger partial charge is 0.465 e. The third-order valence-corrected chi connectivity index (χ3v) is 2.68. The lowest BCUT2D eigenvalue weighted by Crippen LogP contribution is -2.22. The van der Waals surface area contributed by atoms with Gasteiger partial charge in [-0.1, -0.05) is 25.0 Å². The molecule has 0 bridgehead atoms. The van der Waals surface area contributed by atoms with E-state index in [4.69, 9.17) is 9.47 Å². The maximum absolute atomic E-state index is 5.78. The topological polar surface area (TPSA) is 18.5 Å². The Morgan fingerprint density at radius 1 is 1.27 bits per heavy atom. The zero-order valence-corrected chi connectivity index (χ0v) is 9.11. The van der Waals surface area contributed by atoms with Crippen molar-refractivity contribution in [3.05, 3.63) is 30.3 Å². The fourth-order valence-electron chi connectivity index (χ4n) is 1.97. The molecule has 0 amide bonds. The first-order valence-electron chi connectivity index (χ1n) is 5.63. The molecule has 0 saturated heterocycles. The van der Waals surface area contributed by atoms with Gasteiger partial charge < -0.3 is 9.47 Å². The standard InChI is InChI=1S/C13H17O2/c1-11(15-13-9-5-6-10-13)14-12-7-3-2-4-8-12/h3-4,7-8,11,13H,5-6,9-10H2,1H3. The van der Waals surface area contributed by atoms with Gasteiger partial charge in [0.2, 0.25) is 0 Å². The van der Waals surface area contributed by atoms with Crippen LogP contribution in [0.15, 0.2) is 24.3 Å². The average Bonchev–Trinajstić information content (AvgIpc) is 2.71. The van der Waals surface area contributed by atoms with Crippen LogP contribution >= 0.6 is 0 Å². The molecule has 2 heteroatoms. The molecule has 0 heterocycles. The molecule has 1 aliphatic carbocycles. The van der Waals surface area contributed by atoms with E-state index in [-0.39, 0.29) is 6.29 Å². The highest BCUT2D eigenvalue weighted by Crippen LogP contribution is 2.23. The first-order chi connectivity index (χ1) is 7.34. The van der Waals surface area contributed by atoms with Crippen molar-refractivity contribution < 1.29 is 9.47 Å². The van der Waals surface area contributed by atoms with Crippen LogP contribution in [0.25, 0.3) is 0 Å². The molecule has 1 saturated carbocycles. The Balaban J connectivity index is 1.79. The molecule has 1 aliphatic rings. The smallest absolute Gasteiger partial charge is 0.197 e. The van der Waals surface area contributed by atoms with E-state index in [9.17, 15) is 0 Å². The van der Waals surface area contributed by atoms with Crippen LogP contribution in [0.4, 0.5) is 0 Å². The summed E-state index contributed by atoms with van der Waals surface area (Å²) in [6.45, 7) is 1.95. The van der Waals surface area contributed by atoms with Gasteiger partial charge in [0.15, 0.2) is 6.29 Å². The van der Waals surface area contributed by atoms with E-state index in [0.29, 0.717) is 6.10 Å². The second kappa shape index (κ2) is 5.17. The summed E-state index contributed by atoms with van der Waals surface area (Å²) in [5, 5.41) is 0. The van der Waals surface area contributed by atoms with E-state index < -0.39 is 0 Å². The molecule has 81 valence electrons. The van der Waals surface area contributed by atoms with Crippen LogP contribution in [-0.4, -0.2) is 12.4 Å². The number of rotatable bonds is 4. The Hall–Kier alpha value is -1.02. The summed E-state index contributed by atoms with van der Waals surface area (Å²) in [5.41, 5.74) is 0. The molecule has 1 aromatic rings. The third-order valence-electron chi connectivity index (χ3n) is 2.68. The number of hydrogen-bond donors (Lipinski definition) is 0. The summed E-state index contributed by atoms with van der Waals surface area (Å²) in [7, 11) is 0. The SMILES string of the molecule is CC(Oc1cc[c]cc1)OC1CCCC1. The monoisotopic (exact) mass is 205 g/mol. The molecule has 2 nitrogen and oxygen atoms in total. The minimum Gasteiger partial charge on any atom is -0.465 e. The molecule has 0 spiro atoms. The molecule has 0 aliphatic heterocycles. The Bertz CT molecular complexity index is 278. The number of benzene rings is 1. The van der Waals surface area contributed by atoms with Gasteiger partial charge in [-0.3, -0.25) is 0 Å². The summed E-state index contributed by atoms with van der Waals surface area (Å²) in [6, 6.07) is 10.4. The summed E-state index contributed by atoms with van der Waals surface area (Å²) in [4.78, 5) is 0. The number of ether oxygens (including phenoxy) is 2. The minimum absolute atomic E-state index is 0.157. The summed E-state index contributed by atoms with van der Waals surface area (Å²) < 4.78 is 11.4. The lowest BCUT2D eigenvalue weighted by molar-refractivity contribution is -0.104. The van der Waals surface area contributed by atoms with Crippen LogP contribution in [-0.2, 0) is 4.74 Å². The van der Waals surface area contributed by atoms with Crippen molar-refractivity contribution in [1.82, 2.24) is 0 Å². The molecule has 1 unspecified atom stereocenters. The maximum atomic E-state index is 5.78. The molecule has 2 rings (SSSR count). The zero-order valence-electron chi connectivity index (χ0n) is 9.11. The molecule has 1 radical (unpaired) electrons. The predicted molar refractivity (Wildman–Crippen MR) is 58.7 cm³/mol. The summed E-state index contributed by atoms with van der Waals surface area (Å²) in [5.74, 6) is 0.847. The predicted octanol–water partition coefficient (Wildman–Crippen LogP) is 3.17. The fraction of sp³-hybridized carbons (Fsp3) is 0.538. The van der Waals surface area contributed by atoms with Gasteiger partial charge in [0.1, 0.15) is 5.75 Å². The number of hydrogen-bond acceptors (Lipinski definition) is 2. The average molecular weight is 205 g/mol. The van der Waals surface area contributed by atoms with E-state index >= 15 is 0 Å². The summed E-state index contributed by atoms with van der Waals surface area (Å²) in [6.07, 6.45) is 5.17.